The van der Waals surface area contributed by atoms with E-state index in [0.717, 1.165) is 17.7 Å². The zero-order valence-electron chi connectivity index (χ0n) is 9.70. The molecule has 1 aromatic rings. The third-order valence-corrected chi connectivity index (χ3v) is 3.44. The predicted octanol–water partition coefficient (Wildman–Crippen LogP) is 2.97. The van der Waals surface area contributed by atoms with Gasteiger partial charge in [0, 0.05) is 30.4 Å². The first-order valence-corrected chi connectivity index (χ1v) is 6.31. The summed E-state index contributed by atoms with van der Waals surface area (Å²) >= 11 is 1.51. The van der Waals surface area contributed by atoms with Crippen molar-refractivity contribution in [1.82, 2.24) is 0 Å². The molecule has 2 nitrogen and oxygen atoms in total. The fourth-order valence-corrected chi connectivity index (χ4v) is 2.51. The third kappa shape index (κ3) is 3.77. The Hall–Kier alpha value is -0.580. The maximum absolute atomic E-state index is 13.6. The van der Waals surface area contributed by atoms with Crippen molar-refractivity contribution in [3.05, 3.63) is 29.6 Å². The smallest absolute Gasteiger partial charge is 0.137 e. The van der Waals surface area contributed by atoms with Gasteiger partial charge in [0.2, 0.25) is 0 Å². The van der Waals surface area contributed by atoms with Crippen molar-refractivity contribution < 1.29 is 9.13 Å². The lowest BCUT2D eigenvalue weighted by atomic mass is 10.1. The van der Waals surface area contributed by atoms with Gasteiger partial charge in [-0.25, -0.2) is 4.39 Å². The Morgan fingerprint density at radius 2 is 2.25 bits per heavy atom. The van der Waals surface area contributed by atoms with Crippen molar-refractivity contribution >= 4 is 11.8 Å². The molecule has 1 atom stereocenters. The van der Waals surface area contributed by atoms with Crippen LogP contribution in [0.3, 0.4) is 0 Å². The van der Waals surface area contributed by atoms with Gasteiger partial charge in [0.05, 0.1) is 0 Å². The standard InChI is InChI=1S/C12H18FNOS/c1-9(14)10-5-3-6-11(13)12(10)16-8-4-7-15-2/h3,5-6,9H,4,7-8,14H2,1-2H3/t9-/m1/s1. The van der Waals surface area contributed by atoms with Crippen molar-refractivity contribution in [2.45, 2.75) is 24.3 Å². The van der Waals surface area contributed by atoms with Crippen LogP contribution < -0.4 is 5.73 Å². The highest BCUT2D eigenvalue weighted by Gasteiger charge is 2.11. The summed E-state index contributed by atoms with van der Waals surface area (Å²) in [4.78, 5) is 0.675. The van der Waals surface area contributed by atoms with Gasteiger partial charge in [-0.1, -0.05) is 12.1 Å². The monoisotopic (exact) mass is 243 g/mol. The number of nitrogens with two attached hydrogens (primary N) is 1. The summed E-state index contributed by atoms with van der Waals surface area (Å²) < 4.78 is 18.6. The molecular weight excluding hydrogens is 225 g/mol. The molecule has 0 saturated carbocycles. The molecule has 0 amide bonds. The summed E-state index contributed by atoms with van der Waals surface area (Å²) in [5.74, 6) is 0.659. The molecule has 0 aromatic heterocycles. The predicted molar refractivity (Wildman–Crippen MR) is 66.2 cm³/mol. The second-order valence-corrected chi connectivity index (χ2v) is 4.75. The molecule has 0 bridgehead atoms. The number of ether oxygens (including phenoxy) is 1. The lowest BCUT2D eigenvalue weighted by molar-refractivity contribution is 0.200. The highest BCUT2D eigenvalue weighted by molar-refractivity contribution is 7.99. The number of rotatable bonds is 6. The normalized spacial score (nSPS) is 12.8. The maximum Gasteiger partial charge on any atom is 0.137 e. The molecule has 16 heavy (non-hydrogen) atoms. The Morgan fingerprint density at radius 1 is 1.50 bits per heavy atom. The highest BCUT2D eigenvalue weighted by atomic mass is 32.2. The molecule has 0 saturated heterocycles. The van der Waals surface area contributed by atoms with Crippen molar-refractivity contribution in [1.29, 1.82) is 0 Å². The summed E-state index contributed by atoms with van der Waals surface area (Å²) in [5, 5.41) is 0. The van der Waals surface area contributed by atoms with Gasteiger partial charge in [-0.05, 0) is 25.0 Å². The molecule has 0 unspecified atom stereocenters. The number of halogens is 1. The van der Waals surface area contributed by atoms with Crippen molar-refractivity contribution in [2.75, 3.05) is 19.5 Å². The van der Waals surface area contributed by atoms with Crippen molar-refractivity contribution in [3.63, 3.8) is 0 Å². The van der Waals surface area contributed by atoms with Gasteiger partial charge in [-0.15, -0.1) is 11.8 Å². The van der Waals surface area contributed by atoms with Gasteiger partial charge < -0.3 is 10.5 Å². The first-order chi connectivity index (χ1) is 7.66. The number of benzene rings is 1. The van der Waals surface area contributed by atoms with Crippen LogP contribution in [0.1, 0.15) is 24.9 Å². The summed E-state index contributed by atoms with van der Waals surface area (Å²) in [6.07, 6.45) is 0.911. The van der Waals surface area contributed by atoms with E-state index in [2.05, 4.69) is 0 Å². The summed E-state index contributed by atoms with van der Waals surface area (Å²) in [6, 6.07) is 4.92. The van der Waals surface area contributed by atoms with Gasteiger partial charge >= 0.3 is 0 Å². The van der Waals surface area contributed by atoms with E-state index in [4.69, 9.17) is 10.5 Å². The van der Waals surface area contributed by atoms with E-state index in [1.54, 1.807) is 13.2 Å². The van der Waals surface area contributed by atoms with E-state index >= 15 is 0 Å². The molecule has 1 rings (SSSR count). The number of hydrogen-bond acceptors (Lipinski definition) is 3. The average molecular weight is 243 g/mol. The van der Waals surface area contributed by atoms with Crippen LogP contribution in [0, 0.1) is 5.82 Å². The molecular formula is C12H18FNOS. The van der Waals surface area contributed by atoms with Crippen LogP contribution >= 0.6 is 11.8 Å². The first-order valence-electron chi connectivity index (χ1n) is 5.32. The quantitative estimate of drug-likeness (QED) is 0.616. The van der Waals surface area contributed by atoms with Crippen LogP contribution in [-0.2, 0) is 4.74 Å². The maximum atomic E-state index is 13.6. The van der Waals surface area contributed by atoms with Crippen LogP contribution in [0.15, 0.2) is 23.1 Å². The third-order valence-electron chi connectivity index (χ3n) is 2.23. The van der Waals surface area contributed by atoms with Gasteiger partial charge in [0.25, 0.3) is 0 Å². The van der Waals surface area contributed by atoms with Gasteiger partial charge in [-0.2, -0.15) is 0 Å². The minimum atomic E-state index is -0.183. The number of methoxy groups -OCH3 is 1. The topological polar surface area (TPSA) is 35.2 Å². The lowest BCUT2D eigenvalue weighted by Crippen LogP contribution is -2.07. The van der Waals surface area contributed by atoms with E-state index in [-0.39, 0.29) is 11.9 Å². The Morgan fingerprint density at radius 3 is 2.88 bits per heavy atom. The number of thioether (sulfide) groups is 1. The molecule has 0 radical (unpaired) electrons. The van der Waals surface area contributed by atoms with Gasteiger partial charge in [0.1, 0.15) is 5.82 Å². The fourth-order valence-electron chi connectivity index (χ4n) is 1.41. The molecule has 0 heterocycles. The Labute approximate surface area is 100 Å². The second kappa shape index (κ2) is 6.89. The Balaban J connectivity index is 2.69. The summed E-state index contributed by atoms with van der Waals surface area (Å²) in [6.45, 7) is 2.57. The summed E-state index contributed by atoms with van der Waals surface area (Å²) in [5.41, 5.74) is 6.69. The van der Waals surface area contributed by atoms with E-state index in [1.807, 2.05) is 13.0 Å². The fraction of sp³-hybridized carbons (Fsp3) is 0.500. The van der Waals surface area contributed by atoms with Crippen LogP contribution in [0.5, 0.6) is 0 Å². The Bertz CT molecular complexity index is 331. The van der Waals surface area contributed by atoms with Crippen LogP contribution in [0.2, 0.25) is 0 Å². The lowest BCUT2D eigenvalue weighted by Gasteiger charge is -2.12. The summed E-state index contributed by atoms with van der Waals surface area (Å²) in [7, 11) is 1.67. The molecule has 90 valence electrons. The highest BCUT2D eigenvalue weighted by Crippen LogP contribution is 2.29. The molecule has 0 fully saturated rings. The van der Waals surface area contributed by atoms with E-state index in [0.29, 0.717) is 11.5 Å². The molecule has 0 aliphatic carbocycles. The van der Waals surface area contributed by atoms with E-state index < -0.39 is 0 Å². The molecule has 0 aliphatic rings. The second-order valence-electron chi connectivity index (χ2n) is 3.64. The van der Waals surface area contributed by atoms with Crippen LogP contribution in [-0.4, -0.2) is 19.5 Å². The van der Waals surface area contributed by atoms with Crippen molar-refractivity contribution in [3.8, 4) is 0 Å². The zero-order chi connectivity index (χ0) is 12.0. The molecule has 0 spiro atoms. The van der Waals surface area contributed by atoms with E-state index in [9.17, 15) is 4.39 Å². The zero-order valence-corrected chi connectivity index (χ0v) is 10.5. The molecule has 4 heteroatoms. The molecule has 0 aliphatic heterocycles. The molecule has 2 N–H and O–H groups in total. The average Bonchev–Trinajstić information content (AvgIpc) is 2.25. The van der Waals surface area contributed by atoms with Gasteiger partial charge in [-0.3, -0.25) is 0 Å². The van der Waals surface area contributed by atoms with Crippen LogP contribution in [0.4, 0.5) is 4.39 Å². The minimum Gasteiger partial charge on any atom is -0.385 e. The SMILES string of the molecule is COCCCSc1c(F)cccc1[C@@H](C)N. The van der Waals surface area contributed by atoms with Crippen LogP contribution in [0.25, 0.3) is 0 Å². The van der Waals surface area contributed by atoms with Gasteiger partial charge in [0.15, 0.2) is 0 Å². The first kappa shape index (κ1) is 13.5. The van der Waals surface area contributed by atoms with Crippen molar-refractivity contribution in [2.24, 2.45) is 5.73 Å². The Kier molecular flexibility index (Phi) is 5.80. The number of hydrogen-bond donors (Lipinski definition) is 1. The largest absolute Gasteiger partial charge is 0.385 e. The van der Waals surface area contributed by atoms with E-state index in [1.165, 1.54) is 17.8 Å². The molecule has 1 aromatic carbocycles. The minimum absolute atomic E-state index is 0.138.